The van der Waals surface area contributed by atoms with Gasteiger partial charge < -0.3 is 14.4 Å². The summed E-state index contributed by atoms with van der Waals surface area (Å²) in [7, 11) is 3.19. The minimum atomic E-state index is -1.05. The van der Waals surface area contributed by atoms with Crippen LogP contribution in [0.2, 0.25) is 0 Å². The fourth-order valence-corrected chi connectivity index (χ4v) is 1.96. The fraction of sp³-hybridized carbons (Fsp3) is 0.200. The van der Waals surface area contributed by atoms with Crippen LogP contribution in [0.3, 0.4) is 0 Å². The molecule has 1 N–H and O–H groups in total. The number of hydrogen-bond acceptors (Lipinski definition) is 3. The van der Waals surface area contributed by atoms with E-state index in [0.717, 1.165) is 11.3 Å². The van der Waals surface area contributed by atoms with Crippen molar-refractivity contribution in [2.24, 2.45) is 7.05 Å². The highest BCUT2D eigenvalue weighted by atomic mass is 16.5. The van der Waals surface area contributed by atoms with Crippen molar-refractivity contribution in [3.8, 4) is 5.75 Å². The Morgan fingerprint density at radius 2 is 1.90 bits per heavy atom. The van der Waals surface area contributed by atoms with Crippen LogP contribution in [0.25, 0.3) is 0 Å². The van der Waals surface area contributed by atoms with Gasteiger partial charge in [-0.1, -0.05) is 12.1 Å². The Kier molecular flexibility index (Phi) is 3.89. The number of ketones is 1. The normalized spacial score (nSPS) is 10.3. The Morgan fingerprint density at radius 1 is 1.25 bits per heavy atom. The summed E-state index contributed by atoms with van der Waals surface area (Å²) in [4.78, 5) is 23.1. The van der Waals surface area contributed by atoms with Crippen molar-refractivity contribution >= 4 is 11.8 Å². The molecular weight excluding hydrogens is 258 g/mol. The monoisotopic (exact) mass is 273 g/mol. The molecule has 5 nitrogen and oxygen atoms in total. The molecule has 0 unspecified atom stereocenters. The van der Waals surface area contributed by atoms with E-state index in [4.69, 9.17) is 9.84 Å². The van der Waals surface area contributed by atoms with Crippen LogP contribution in [0.15, 0.2) is 36.5 Å². The lowest BCUT2D eigenvalue weighted by Crippen LogP contribution is -2.02. The van der Waals surface area contributed by atoms with E-state index in [1.54, 1.807) is 26.3 Å². The van der Waals surface area contributed by atoms with E-state index in [-0.39, 0.29) is 17.9 Å². The SMILES string of the molecule is COc1ccc(CC(=O)c2cc(C(=O)O)n(C)c2)cc1. The molecule has 0 spiro atoms. The number of ether oxygens (including phenoxy) is 1. The van der Waals surface area contributed by atoms with E-state index in [1.807, 2.05) is 12.1 Å². The minimum absolute atomic E-state index is 0.100. The first-order valence-corrected chi connectivity index (χ1v) is 6.07. The molecule has 0 radical (unpaired) electrons. The number of carboxylic acids is 1. The second-order valence-corrected chi connectivity index (χ2v) is 4.48. The number of Topliss-reactive ketones (excluding diaryl/α,β-unsaturated/α-hetero) is 1. The van der Waals surface area contributed by atoms with Crippen LogP contribution in [0.5, 0.6) is 5.75 Å². The molecule has 5 heteroatoms. The summed E-state index contributed by atoms with van der Waals surface area (Å²) < 4.78 is 6.48. The Hall–Kier alpha value is -2.56. The van der Waals surface area contributed by atoms with Gasteiger partial charge in [0.25, 0.3) is 0 Å². The van der Waals surface area contributed by atoms with E-state index in [9.17, 15) is 9.59 Å². The zero-order valence-electron chi connectivity index (χ0n) is 11.3. The number of carbonyl (C=O) groups is 2. The van der Waals surface area contributed by atoms with Gasteiger partial charge in [-0.15, -0.1) is 0 Å². The van der Waals surface area contributed by atoms with Crippen LogP contribution >= 0.6 is 0 Å². The number of aromatic carboxylic acids is 1. The van der Waals surface area contributed by atoms with Gasteiger partial charge in [-0.2, -0.15) is 0 Å². The maximum atomic E-state index is 12.1. The van der Waals surface area contributed by atoms with Gasteiger partial charge in [-0.05, 0) is 23.8 Å². The van der Waals surface area contributed by atoms with E-state index < -0.39 is 5.97 Å². The van der Waals surface area contributed by atoms with Gasteiger partial charge in [0.2, 0.25) is 0 Å². The Balaban J connectivity index is 2.15. The molecular formula is C15H15NO4. The van der Waals surface area contributed by atoms with E-state index in [0.29, 0.717) is 5.56 Å². The highest BCUT2D eigenvalue weighted by Crippen LogP contribution is 2.15. The molecule has 20 heavy (non-hydrogen) atoms. The minimum Gasteiger partial charge on any atom is -0.497 e. The van der Waals surface area contributed by atoms with Crippen LogP contribution in [0.4, 0.5) is 0 Å². The Labute approximate surface area is 116 Å². The van der Waals surface area contributed by atoms with Crippen molar-refractivity contribution in [3.05, 3.63) is 53.3 Å². The van der Waals surface area contributed by atoms with E-state index in [2.05, 4.69) is 0 Å². The Bertz CT molecular complexity index is 640. The number of carboxylic acid groups (broad SMARTS) is 1. The summed E-state index contributed by atoms with van der Waals surface area (Å²) in [5, 5.41) is 8.96. The van der Waals surface area contributed by atoms with Crippen LogP contribution in [-0.4, -0.2) is 28.5 Å². The quantitative estimate of drug-likeness (QED) is 0.848. The first-order valence-electron chi connectivity index (χ1n) is 6.07. The number of aromatic nitrogens is 1. The van der Waals surface area contributed by atoms with Crippen molar-refractivity contribution in [2.75, 3.05) is 7.11 Å². The third kappa shape index (κ3) is 2.88. The number of nitrogens with zero attached hydrogens (tertiary/aromatic N) is 1. The van der Waals surface area contributed by atoms with Gasteiger partial charge >= 0.3 is 5.97 Å². The molecule has 0 aliphatic carbocycles. The molecule has 0 fully saturated rings. The predicted molar refractivity (Wildman–Crippen MR) is 73.4 cm³/mol. The summed E-state index contributed by atoms with van der Waals surface area (Å²) in [6.45, 7) is 0. The number of aryl methyl sites for hydroxylation is 1. The summed E-state index contributed by atoms with van der Waals surface area (Å²) in [6, 6.07) is 8.61. The predicted octanol–water partition coefficient (Wildman–Crippen LogP) is 2.16. The summed E-state index contributed by atoms with van der Waals surface area (Å²) >= 11 is 0. The third-order valence-corrected chi connectivity index (χ3v) is 3.07. The largest absolute Gasteiger partial charge is 0.497 e. The zero-order valence-corrected chi connectivity index (χ0v) is 11.3. The molecule has 0 saturated carbocycles. The molecule has 0 amide bonds. The summed E-state index contributed by atoms with van der Waals surface area (Å²) in [5.41, 5.74) is 1.36. The molecule has 0 bridgehead atoms. The number of hydrogen-bond donors (Lipinski definition) is 1. The van der Waals surface area contributed by atoms with Gasteiger partial charge in [0.15, 0.2) is 5.78 Å². The number of carbonyl (C=O) groups excluding carboxylic acids is 1. The summed E-state index contributed by atoms with van der Waals surface area (Å²) in [5.74, 6) is -0.427. The molecule has 0 atom stereocenters. The lowest BCUT2D eigenvalue weighted by atomic mass is 10.1. The summed E-state index contributed by atoms with van der Waals surface area (Å²) in [6.07, 6.45) is 1.77. The van der Waals surface area contributed by atoms with Crippen molar-refractivity contribution in [1.29, 1.82) is 0 Å². The lowest BCUT2D eigenvalue weighted by molar-refractivity contribution is 0.0686. The molecule has 0 saturated heterocycles. The lowest BCUT2D eigenvalue weighted by Gasteiger charge is -2.02. The standard InChI is InChI=1S/C15H15NO4/c1-16-9-11(8-13(16)15(18)19)14(17)7-10-3-5-12(20-2)6-4-10/h3-6,8-9H,7H2,1-2H3,(H,18,19). The molecule has 2 rings (SSSR count). The second kappa shape index (κ2) is 5.61. The highest BCUT2D eigenvalue weighted by molar-refractivity contribution is 5.99. The third-order valence-electron chi connectivity index (χ3n) is 3.07. The molecule has 104 valence electrons. The van der Waals surface area contributed by atoms with Crippen LogP contribution in [0, 0.1) is 0 Å². The smallest absolute Gasteiger partial charge is 0.352 e. The van der Waals surface area contributed by atoms with Crippen LogP contribution in [-0.2, 0) is 13.5 Å². The van der Waals surface area contributed by atoms with Gasteiger partial charge in [0, 0.05) is 25.2 Å². The highest BCUT2D eigenvalue weighted by Gasteiger charge is 2.15. The maximum absolute atomic E-state index is 12.1. The van der Waals surface area contributed by atoms with Crippen molar-refractivity contribution in [1.82, 2.24) is 4.57 Å². The van der Waals surface area contributed by atoms with Crippen molar-refractivity contribution < 1.29 is 19.4 Å². The molecule has 1 aromatic heterocycles. The first kappa shape index (κ1) is 13.9. The molecule has 1 aromatic carbocycles. The molecule has 1 heterocycles. The van der Waals surface area contributed by atoms with Gasteiger partial charge in [0.05, 0.1) is 7.11 Å². The Morgan fingerprint density at radius 3 is 2.40 bits per heavy atom. The molecule has 0 aliphatic rings. The first-order chi connectivity index (χ1) is 9.51. The average molecular weight is 273 g/mol. The van der Waals surface area contributed by atoms with E-state index >= 15 is 0 Å². The van der Waals surface area contributed by atoms with Crippen LogP contribution < -0.4 is 4.74 Å². The average Bonchev–Trinajstić information content (AvgIpc) is 2.82. The van der Waals surface area contributed by atoms with Crippen molar-refractivity contribution in [2.45, 2.75) is 6.42 Å². The maximum Gasteiger partial charge on any atom is 0.352 e. The second-order valence-electron chi connectivity index (χ2n) is 4.48. The number of rotatable bonds is 5. The van der Waals surface area contributed by atoms with Gasteiger partial charge in [0.1, 0.15) is 11.4 Å². The topological polar surface area (TPSA) is 68.5 Å². The number of benzene rings is 1. The van der Waals surface area contributed by atoms with E-state index in [1.165, 1.54) is 16.8 Å². The fourth-order valence-electron chi connectivity index (χ4n) is 1.96. The van der Waals surface area contributed by atoms with Gasteiger partial charge in [-0.3, -0.25) is 4.79 Å². The molecule has 0 aliphatic heterocycles. The van der Waals surface area contributed by atoms with Gasteiger partial charge in [-0.25, -0.2) is 4.79 Å². The zero-order chi connectivity index (χ0) is 14.7. The molecule has 2 aromatic rings. The number of methoxy groups -OCH3 is 1. The van der Waals surface area contributed by atoms with Crippen LogP contribution in [0.1, 0.15) is 26.4 Å². The van der Waals surface area contributed by atoms with Crippen molar-refractivity contribution in [3.63, 3.8) is 0 Å².